The molecule has 1 saturated carbocycles. The van der Waals surface area contributed by atoms with Crippen LogP contribution in [-0.4, -0.2) is 33.4 Å². The van der Waals surface area contributed by atoms with Gasteiger partial charge in [-0.05, 0) is 85.2 Å². The lowest BCUT2D eigenvalue weighted by Gasteiger charge is -2.18. The zero-order valence-electron chi connectivity index (χ0n) is 21.9. The van der Waals surface area contributed by atoms with Gasteiger partial charge in [0.2, 0.25) is 5.88 Å². The van der Waals surface area contributed by atoms with E-state index in [0.29, 0.717) is 36.3 Å². The molecule has 5 rings (SSSR count). The SMILES string of the molecule is Cc1cc(OCCC(C)(C)O)ccc1-c1cc(COc2cc3c(cn2)[C@H]2[C@@H](C3)[C@@H]2C(=O)O)c(F)cc1C(F)F. The molecule has 0 aliphatic heterocycles. The summed E-state index contributed by atoms with van der Waals surface area (Å²) >= 11 is 0. The number of hydrogen-bond acceptors (Lipinski definition) is 5. The van der Waals surface area contributed by atoms with Gasteiger partial charge in [-0.15, -0.1) is 0 Å². The van der Waals surface area contributed by atoms with Crippen molar-refractivity contribution in [1.29, 1.82) is 0 Å². The number of aliphatic carboxylic acids is 1. The number of carboxylic acid groups (broad SMARTS) is 1. The van der Waals surface area contributed by atoms with E-state index in [1.165, 1.54) is 6.07 Å². The lowest BCUT2D eigenvalue weighted by atomic mass is 9.94. The summed E-state index contributed by atoms with van der Waals surface area (Å²) in [6.45, 7) is 5.22. The van der Waals surface area contributed by atoms with Crippen LogP contribution in [0.15, 0.2) is 42.6 Å². The number of halogens is 3. The second kappa shape index (κ2) is 10.2. The quantitative estimate of drug-likeness (QED) is 0.317. The number of benzene rings is 2. The average molecular weight is 542 g/mol. The highest BCUT2D eigenvalue weighted by atomic mass is 19.3. The standard InChI is InChI=1S/C30H30F3NO5/c1-15-8-18(38-7-6-30(2,3)37)4-5-19(15)20-10-17(24(31)12-21(20)28(32)33)14-39-25-11-16-9-22-26(23(16)13-34-25)27(22)29(35)36/h4-5,8,10-13,22,26-28,37H,6-7,9,14H2,1-3H3,(H,35,36)/t22-,26-,27+/m1/s1. The van der Waals surface area contributed by atoms with Gasteiger partial charge in [-0.1, -0.05) is 6.07 Å². The van der Waals surface area contributed by atoms with Crippen molar-refractivity contribution in [2.45, 2.75) is 58.2 Å². The number of aromatic nitrogens is 1. The van der Waals surface area contributed by atoms with Crippen LogP contribution in [0.3, 0.4) is 0 Å². The van der Waals surface area contributed by atoms with Crippen molar-refractivity contribution in [2.24, 2.45) is 11.8 Å². The topological polar surface area (TPSA) is 88.9 Å². The number of hydrogen-bond donors (Lipinski definition) is 2. The molecule has 0 spiro atoms. The summed E-state index contributed by atoms with van der Waals surface area (Å²) in [5.74, 6) is -1.07. The number of pyridine rings is 1. The predicted molar refractivity (Wildman–Crippen MR) is 138 cm³/mol. The van der Waals surface area contributed by atoms with Crippen molar-refractivity contribution in [1.82, 2.24) is 4.98 Å². The maximum Gasteiger partial charge on any atom is 0.307 e. The zero-order chi connectivity index (χ0) is 28.1. The molecule has 0 bridgehead atoms. The van der Waals surface area contributed by atoms with Crippen LogP contribution in [0.4, 0.5) is 13.2 Å². The Labute approximate surface area is 224 Å². The maximum atomic E-state index is 14.9. The van der Waals surface area contributed by atoms with E-state index >= 15 is 0 Å². The van der Waals surface area contributed by atoms with E-state index in [2.05, 4.69) is 4.98 Å². The van der Waals surface area contributed by atoms with E-state index in [-0.39, 0.29) is 41.4 Å². The summed E-state index contributed by atoms with van der Waals surface area (Å²) in [7, 11) is 0. The Hall–Kier alpha value is -3.59. The van der Waals surface area contributed by atoms with Gasteiger partial charge < -0.3 is 19.7 Å². The minimum atomic E-state index is -2.88. The van der Waals surface area contributed by atoms with Gasteiger partial charge in [-0.25, -0.2) is 18.2 Å². The second-order valence-corrected chi connectivity index (χ2v) is 11.0. The van der Waals surface area contributed by atoms with Gasteiger partial charge in [0.15, 0.2) is 0 Å². The number of nitrogens with zero attached hydrogens (tertiary/aromatic N) is 1. The fraction of sp³-hybridized carbons (Fsp3) is 0.400. The lowest BCUT2D eigenvalue weighted by Crippen LogP contribution is -2.21. The van der Waals surface area contributed by atoms with Gasteiger partial charge in [-0.3, -0.25) is 4.79 Å². The molecule has 2 aliphatic carbocycles. The van der Waals surface area contributed by atoms with Gasteiger partial charge in [-0.2, -0.15) is 0 Å². The van der Waals surface area contributed by atoms with Crippen molar-refractivity contribution in [2.75, 3.05) is 6.61 Å². The molecule has 0 saturated heterocycles. The Morgan fingerprint density at radius 3 is 2.59 bits per heavy atom. The minimum Gasteiger partial charge on any atom is -0.493 e. The normalized spacial score (nSPS) is 19.5. The highest BCUT2D eigenvalue weighted by Gasteiger charge is 2.59. The molecule has 2 N–H and O–H groups in total. The predicted octanol–water partition coefficient (Wildman–Crippen LogP) is 6.22. The van der Waals surface area contributed by atoms with Crippen LogP contribution in [-0.2, 0) is 17.8 Å². The molecule has 6 nitrogen and oxygen atoms in total. The van der Waals surface area contributed by atoms with E-state index in [0.717, 1.165) is 17.2 Å². The van der Waals surface area contributed by atoms with E-state index < -0.39 is 29.4 Å². The van der Waals surface area contributed by atoms with Crippen molar-refractivity contribution in [3.05, 3.63) is 76.2 Å². The van der Waals surface area contributed by atoms with E-state index in [1.54, 1.807) is 51.2 Å². The molecular weight excluding hydrogens is 511 g/mol. The van der Waals surface area contributed by atoms with Gasteiger partial charge in [0.25, 0.3) is 6.43 Å². The van der Waals surface area contributed by atoms with Crippen LogP contribution in [0.2, 0.25) is 0 Å². The minimum absolute atomic E-state index is 0.0116. The summed E-state index contributed by atoms with van der Waals surface area (Å²) in [6, 6.07) is 9.02. The highest BCUT2D eigenvalue weighted by molar-refractivity contribution is 5.77. The van der Waals surface area contributed by atoms with E-state index in [1.807, 2.05) is 0 Å². The molecule has 39 heavy (non-hydrogen) atoms. The molecule has 0 amide bonds. The summed E-state index contributed by atoms with van der Waals surface area (Å²) in [5.41, 5.74) is 2.10. The number of carboxylic acids is 1. The van der Waals surface area contributed by atoms with Crippen LogP contribution in [0.5, 0.6) is 11.6 Å². The van der Waals surface area contributed by atoms with Crippen molar-refractivity contribution >= 4 is 5.97 Å². The molecule has 9 heteroatoms. The number of ether oxygens (including phenoxy) is 2. The van der Waals surface area contributed by atoms with Crippen molar-refractivity contribution < 1.29 is 37.7 Å². The average Bonchev–Trinajstić information content (AvgIpc) is 3.45. The Morgan fingerprint density at radius 1 is 1.15 bits per heavy atom. The molecule has 206 valence electrons. The summed E-state index contributed by atoms with van der Waals surface area (Å²) in [5, 5.41) is 19.1. The Kier molecular flexibility index (Phi) is 7.05. The summed E-state index contributed by atoms with van der Waals surface area (Å²) in [6.07, 6.45) is -0.206. The summed E-state index contributed by atoms with van der Waals surface area (Å²) in [4.78, 5) is 15.6. The van der Waals surface area contributed by atoms with Crippen LogP contribution in [0.25, 0.3) is 11.1 Å². The van der Waals surface area contributed by atoms with Crippen LogP contribution < -0.4 is 9.47 Å². The first-order valence-electron chi connectivity index (χ1n) is 12.8. The van der Waals surface area contributed by atoms with Crippen LogP contribution in [0, 0.1) is 24.6 Å². The molecule has 3 atom stereocenters. The molecule has 0 radical (unpaired) electrons. The largest absolute Gasteiger partial charge is 0.493 e. The van der Waals surface area contributed by atoms with E-state index in [4.69, 9.17) is 9.47 Å². The first-order valence-corrected chi connectivity index (χ1v) is 12.8. The Morgan fingerprint density at radius 2 is 1.92 bits per heavy atom. The molecule has 1 heterocycles. The fourth-order valence-electron chi connectivity index (χ4n) is 5.44. The molecule has 3 aromatic rings. The lowest BCUT2D eigenvalue weighted by molar-refractivity contribution is -0.139. The zero-order valence-corrected chi connectivity index (χ0v) is 21.9. The Bertz CT molecular complexity index is 1420. The summed E-state index contributed by atoms with van der Waals surface area (Å²) < 4.78 is 54.1. The van der Waals surface area contributed by atoms with E-state index in [9.17, 15) is 28.2 Å². The number of alkyl halides is 2. The molecular formula is C30H30F3NO5. The number of aryl methyl sites for hydroxylation is 1. The third kappa shape index (κ3) is 5.59. The fourth-order valence-corrected chi connectivity index (χ4v) is 5.44. The first-order chi connectivity index (χ1) is 18.4. The molecule has 2 aliphatic rings. The number of carbonyl (C=O) groups is 1. The third-order valence-corrected chi connectivity index (χ3v) is 7.57. The second-order valence-electron chi connectivity index (χ2n) is 11.0. The molecule has 2 aromatic carbocycles. The van der Waals surface area contributed by atoms with Gasteiger partial charge in [0.05, 0.1) is 18.1 Å². The molecule has 1 fully saturated rings. The van der Waals surface area contributed by atoms with Crippen molar-refractivity contribution in [3.63, 3.8) is 0 Å². The Balaban J connectivity index is 1.34. The van der Waals surface area contributed by atoms with Gasteiger partial charge in [0.1, 0.15) is 18.2 Å². The number of fused-ring (bicyclic) bond motifs is 3. The highest BCUT2D eigenvalue weighted by Crippen LogP contribution is 2.61. The van der Waals surface area contributed by atoms with Crippen LogP contribution in [0.1, 0.15) is 60.4 Å². The smallest absolute Gasteiger partial charge is 0.307 e. The van der Waals surface area contributed by atoms with Crippen molar-refractivity contribution in [3.8, 4) is 22.8 Å². The van der Waals surface area contributed by atoms with Crippen LogP contribution >= 0.6 is 0 Å². The van der Waals surface area contributed by atoms with Gasteiger partial charge in [0, 0.05) is 35.7 Å². The first kappa shape index (κ1) is 27.0. The number of rotatable bonds is 10. The molecule has 0 unspecified atom stereocenters. The van der Waals surface area contributed by atoms with Gasteiger partial charge >= 0.3 is 5.97 Å². The monoisotopic (exact) mass is 541 g/mol. The number of aliphatic hydroxyl groups is 1. The molecule has 1 aromatic heterocycles. The third-order valence-electron chi connectivity index (χ3n) is 7.57. The maximum absolute atomic E-state index is 14.9.